The molecule has 11 heavy (non-hydrogen) atoms. The Morgan fingerprint density at radius 1 is 1.45 bits per heavy atom. The van der Waals surface area contributed by atoms with Crippen LogP contribution in [0.5, 0.6) is 0 Å². The molecule has 0 amide bonds. The third kappa shape index (κ3) is 2.49. The van der Waals surface area contributed by atoms with Gasteiger partial charge in [0.1, 0.15) is 5.78 Å². The third-order valence-electron chi connectivity index (χ3n) is 2.38. The van der Waals surface area contributed by atoms with Gasteiger partial charge >= 0.3 is 0 Å². The second kappa shape index (κ2) is 4.32. The summed E-state index contributed by atoms with van der Waals surface area (Å²) in [6.07, 6.45) is 8.21. The SMILES string of the molecule is C=CC[C@@H]1CCCCCC1=O. The minimum Gasteiger partial charge on any atom is -0.299 e. The number of carbonyl (C=O) groups excluding carboxylic acids is 1. The maximum Gasteiger partial charge on any atom is 0.136 e. The van der Waals surface area contributed by atoms with Crippen molar-refractivity contribution in [3.8, 4) is 0 Å². The van der Waals surface area contributed by atoms with Crippen molar-refractivity contribution in [2.75, 3.05) is 0 Å². The Balaban J connectivity index is 2.45. The average molecular weight is 152 g/mol. The molecule has 0 aromatic heterocycles. The predicted octanol–water partition coefficient (Wildman–Crippen LogP) is 2.71. The molecule has 0 unspecified atom stereocenters. The molecular formula is C10H16O. The smallest absolute Gasteiger partial charge is 0.136 e. The topological polar surface area (TPSA) is 17.1 Å². The summed E-state index contributed by atoms with van der Waals surface area (Å²) >= 11 is 0. The van der Waals surface area contributed by atoms with Crippen LogP contribution in [0.3, 0.4) is 0 Å². The lowest BCUT2D eigenvalue weighted by Gasteiger charge is -2.08. The van der Waals surface area contributed by atoms with Crippen molar-refractivity contribution in [1.29, 1.82) is 0 Å². The highest BCUT2D eigenvalue weighted by Gasteiger charge is 2.18. The Kier molecular flexibility index (Phi) is 3.34. The monoisotopic (exact) mass is 152 g/mol. The van der Waals surface area contributed by atoms with Gasteiger partial charge in [-0.3, -0.25) is 4.79 Å². The van der Waals surface area contributed by atoms with Gasteiger partial charge in [0.15, 0.2) is 0 Å². The maximum atomic E-state index is 11.4. The zero-order chi connectivity index (χ0) is 8.10. The van der Waals surface area contributed by atoms with Gasteiger partial charge in [-0.1, -0.05) is 18.9 Å². The third-order valence-corrected chi connectivity index (χ3v) is 2.38. The predicted molar refractivity (Wildman–Crippen MR) is 46.4 cm³/mol. The van der Waals surface area contributed by atoms with Crippen molar-refractivity contribution in [3.63, 3.8) is 0 Å². The quantitative estimate of drug-likeness (QED) is 0.439. The van der Waals surface area contributed by atoms with Crippen LogP contribution < -0.4 is 0 Å². The number of hydrogen-bond donors (Lipinski definition) is 0. The van der Waals surface area contributed by atoms with E-state index in [2.05, 4.69) is 6.58 Å². The van der Waals surface area contributed by atoms with Crippen molar-refractivity contribution in [3.05, 3.63) is 12.7 Å². The van der Waals surface area contributed by atoms with Gasteiger partial charge < -0.3 is 0 Å². The highest BCUT2D eigenvalue weighted by molar-refractivity contribution is 5.81. The van der Waals surface area contributed by atoms with Crippen LogP contribution in [0.2, 0.25) is 0 Å². The fourth-order valence-corrected chi connectivity index (χ4v) is 1.68. The number of Topliss-reactive ketones (excluding diaryl/α,β-unsaturated/α-hetero) is 1. The molecule has 1 aliphatic rings. The molecule has 1 heteroatoms. The fraction of sp³-hybridized carbons (Fsp3) is 0.700. The van der Waals surface area contributed by atoms with E-state index in [1.807, 2.05) is 6.08 Å². The van der Waals surface area contributed by atoms with E-state index in [0.29, 0.717) is 11.7 Å². The summed E-state index contributed by atoms with van der Waals surface area (Å²) in [5.41, 5.74) is 0. The summed E-state index contributed by atoms with van der Waals surface area (Å²) in [6, 6.07) is 0. The zero-order valence-corrected chi connectivity index (χ0v) is 7.01. The second-order valence-corrected chi connectivity index (χ2v) is 3.29. The number of hydrogen-bond acceptors (Lipinski definition) is 1. The summed E-state index contributed by atoms with van der Waals surface area (Å²) < 4.78 is 0. The summed E-state index contributed by atoms with van der Waals surface area (Å²) in [6.45, 7) is 3.67. The molecule has 1 atom stereocenters. The average Bonchev–Trinajstić information content (AvgIpc) is 2.18. The van der Waals surface area contributed by atoms with Crippen LogP contribution >= 0.6 is 0 Å². The first-order valence-corrected chi connectivity index (χ1v) is 4.48. The van der Waals surface area contributed by atoms with E-state index in [1.54, 1.807) is 0 Å². The standard InChI is InChI=1S/C10H16O/c1-2-6-9-7-4-3-5-8-10(9)11/h2,9H,1,3-8H2/t9-/m1/s1. The van der Waals surface area contributed by atoms with E-state index in [4.69, 9.17) is 0 Å². The van der Waals surface area contributed by atoms with Gasteiger partial charge in [-0.25, -0.2) is 0 Å². The Labute approximate surface area is 68.5 Å². The number of allylic oxidation sites excluding steroid dienone is 1. The van der Waals surface area contributed by atoms with Crippen LogP contribution in [-0.4, -0.2) is 5.78 Å². The number of rotatable bonds is 2. The largest absolute Gasteiger partial charge is 0.299 e. The van der Waals surface area contributed by atoms with Gasteiger partial charge in [-0.15, -0.1) is 6.58 Å². The first-order valence-electron chi connectivity index (χ1n) is 4.48. The summed E-state index contributed by atoms with van der Waals surface area (Å²) in [5, 5.41) is 0. The van der Waals surface area contributed by atoms with E-state index in [-0.39, 0.29) is 0 Å². The molecule has 0 heterocycles. The highest BCUT2D eigenvalue weighted by Crippen LogP contribution is 2.22. The molecule has 0 spiro atoms. The molecule has 0 aromatic carbocycles. The molecule has 0 N–H and O–H groups in total. The minimum absolute atomic E-state index is 0.301. The van der Waals surface area contributed by atoms with Crippen molar-refractivity contribution in [2.24, 2.45) is 5.92 Å². The molecule has 0 aliphatic heterocycles. The Morgan fingerprint density at radius 3 is 3.00 bits per heavy atom. The minimum atomic E-state index is 0.301. The van der Waals surface area contributed by atoms with E-state index >= 15 is 0 Å². The van der Waals surface area contributed by atoms with Gasteiger partial charge in [0.05, 0.1) is 0 Å². The Hall–Kier alpha value is -0.590. The normalized spacial score (nSPS) is 26.2. The summed E-state index contributed by atoms with van der Waals surface area (Å²) in [7, 11) is 0. The lowest BCUT2D eigenvalue weighted by molar-refractivity contribution is -0.122. The molecule has 62 valence electrons. The first-order chi connectivity index (χ1) is 5.34. The molecule has 1 aliphatic carbocycles. The maximum absolute atomic E-state index is 11.4. The van der Waals surface area contributed by atoms with Crippen LogP contribution in [0.1, 0.15) is 38.5 Å². The Morgan fingerprint density at radius 2 is 2.27 bits per heavy atom. The number of carbonyl (C=O) groups is 1. The van der Waals surface area contributed by atoms with Crippen LogP contribution in [0.4, 0.5) is 0 Å². The molecular weight excluding hydrogens is 136 g/mol. The lowest BCUT2D eigenvalue weighted by atomic mass is 9.96. The molecule has 1 fully saturated rings. The van der Waals surface area contributed by atoms with E-state index in [0.717, 1.165) is 25.7 Å². The molecule has 1 nitrogen and oxygen atoms in total. The molecule has 0 aromatic rings. The highest BCUT2D eigenvalue weighted by atomic mass is 16.1. The van der Waals surface area contributed by atoms with Crippen molar-refractivity contribution in [1.82, 2.24) is 0 Å². The van der Waals surface area contributed by atoms with Crippen LogP contribution in [0, 0.1) is 5.92 Å². The van der Waals surface area contributed by atoms with E-state index in [9.17, 15) is 4.79 Å². The molecule has 1 saturated carbocycles. The van der Waals surface area contributed by atoms with Gasteiger partial charge in [-0.2, -0.15) is 0 Å². The summed E-state index contributed by atoms with van der Waals surface area (Å²) in [5.74, 6) is 0.761. The van der Waals surface area contributed by atoms with Gasteiger partial charge in [0.25, 0.3) is 0 Å². The van der Waals surface area contributed by atoms with Crippen molar-refractivity contribution >= 4 is 5.78 Å². The van der Waals surface area contributed by atoms with Gasteiger partial charge in [-0.05, 0) is 19.3 Å². The molecule has 1 rings (SSSR count). The van der Waals surface area contributed by atoms with Crippen molar-refractivity contribution in [2.45, 2.75) is 38.5 Å². The zero-order valence-electron chi connectivity index (χ0n) is 7.01. The second-order valence-electron chi connectivity index (χ2n) is 3.29. The fourth-order valence-electron chi connectivity index (χ4n) is 1.68. The van der Waals surface area contributed by atoms with Crippen molar-refractivity contribution < 1.29 is 4.79 Å². The first kappa shape index (κ1) is 8.51. The van der Waals surface area contributed by atoms with Crippen LogP contribution in [-0.2, 0) is 4.79 Å². The molecule has 0 bridgehead atoms. The van der Waals surface area contributed by atoms with Crippen LogP contribution in [0.25, 0.3) is 0 Å². The van der Waals surface area contributed by atoms with E-state index in [1.165, 1.54) is 12.8 Å². The molecule has 0 radical (unpaired) electrons. The number of ketones is 1. The van der Waals surface area contributed by atoms with E-state index < -0.39 is 0 Å². The van der Waals surface area contributed by atoms with Gasteiger partial charge in [0, 0.05) is 12.3 Å². The van der Waals surface area contributed by atoms with Gasteiger partial charge in [0.2, 0.25) is 0 Å². The summed E-state index contributed by atoms with van der Waals surface area (Å²) in [4.78, 5) is 11.4. The molecule has 0 saturated heterocycles. The van der Waals surface area contributed by atoms with Crippen LogP contribution in [0.15, 0.2) is 12.7 Å². The Bertz CT molecular complexity index is 149. The lowest BCUT2D eigenvalue weighted by Crippen LogP contribution is -2.10.